The molecular formula is C26H38O6. The summed E-state index contributed by atoms with van der Waals surface area (Å²) in [5.41, 5.74) is 0. The van der Waals surface area contributed by atoms with Gasteiger partial charge in [-0.3, -0.25) is 9.59 Å². The van der Waals surface area contributed by atoms with Gasteiger partial charge in [0.25, 0.3) is 0 Å². The van der Waals surface area contributed by atoms with Crippen molar-refractivity contribution >= 4 is 11.9 Å². The molecule has 0 aromatic heterocycles. The zero-order chi connectivity index (χ0) is 22.4. The summed E-state index contributed by atoms with van der Waals surface area (Å²) in [5.74, 6) is 1.53. The van der Waals surface area contributed by atoms with Gasteiger partial charge in [0.1, 0.15) is 11.5 Å². The molecule has 2 aliphatic rings. The van der Waals surface area contributed by atoms with E-state index in [9.17, 15) is 9.59 Å². The van der Waals surface area contributed by atoms with Crippen molar-refractivity contribution in [3.63, 3.8) is 0 Å². The first-order valence-electron chi connectivity index (χ1n) is 12.4. The second-order valence-corrected chi connectivity index (χ2v) is 8.88. The molecule has 2 aliphatic carbocycles. The van der Waals surface area contributed by atoms with Gasteiger partial charge >= 0.3 is 11.9 Å². The lowest BCUT2D eigenvalue weighted by Crippen LogP contribution is -2.21. The third-order valence-corrected chi connectivity index (χ3v) is 6.29. The number of hydrogen-bond acceptors (Lipinski definition) is 6. The smallest absolute Gasteiger partial charge is 0.308 e. The monoisotopic (exact) mass is 446 g/mol. The SMILES string of the molecule is O=C(OCCCOc1cccc(OCCCOC(=O)C2CCCCC2)c1)C1CCCCC1. The van der Waals surface area contributed by atoms with Crippen LogP contribution < -0.4 is 9.47 Å². The molecule has 3 rings (SSSR count). The van der Waals surface area contributed by atoms with Crippen LogP contribution in [0.15, 0.2) is 24.3 Å². The van der Waals surface area contributed by atoms with Gasteiger partial charge in [-0.2, -0.15) is 0 Å². The summed E-state index contributed by atoms with van der Waals surface area (Å²) in [6, 6.07) is 7.50. The highest BCUT2D eigenvalue weighted by Gasteiger charge is 2.23. The molecule has 6 heteroatoms. The molecule has 0 atom stereocenters. The Kier molecular flexibility index (Phi) is 10.7. The van der Waals surface area contributed by atoms with Crippen molar-refractivity contribution in [2.75, 3.05) is 26.4 Å². The Morgan fingerprint density at radius 1 is 0.656 bits per heavy atom. The topological polar surface area (TPSA) is 71.1 Å². The van der Waals surface area contributed by atoms with E-state index < -0.39 is 0 Å². The first kappa shape index (κ1) is 24.4. The standard InChI is InChI=1S/C26H38O6/c27-25(21-10-3-1-4-11-21)31-18-8-16-29-23-14-7-15-24(20-23)30-17-9-19-32-26(28)22-12-5-2-6-13-22/h7,14-15,20-22H,1-6,8-13,16-19H2. The minimum atomic E-state index is -0.0514. The molecule has 0 heterocycles. The molecule has 32 heavy (non-hydrogen) atoms. The van der Waals surface area contributed by atoms with E-state index in [1.165, 1.54) is 12.8 Å². The largest absolute Gasteiger partial charge is 0.493 e. The summed E-state index contributed by atoms with van der Waals surface area (Å²) in [6.45, 7) is 1.76. The van der Waals surface area contributed by atoms with Crippen molar-refractivity contribution in [2.24, 2.45) is 11.8 Å². The summed E-state index contributed by atoms with van der Waals surface area (Å²) in [6.07, 6.45) is 12.2. The van der Waals surface area contributed by atoms with Crippen LogP contribution in [0.3, 0.4) is 0 Å². The fourth-order valence-corrected chi connectivity index (χ4v) is 4.41. The quantitative estimate of drug-likeness (QED) is 0.313. The molecular weight excluding hydrogens is 408 g/mol. The van der Waals surface area contributed by atoms with Crippen LogP contribution in [-0.4, -0.2) is 38.4 Å². The van der Waals surface area contributed by atoms with E-state index in [1.807, 2.05) is 24.3 Å². The van der Waals surface area contributed by atoms with Gasteiger partial charge in [-0.1, -0.05) is 44.6 Å². The van der Waals surface area contributed by atoms with E-state index >= 15 is 0 Å². The average Bonchev–Trinajstić information content (AvgIpc) is 2.84. The lowest BCUT2D eigenvalue weighted by Gasteiger charge is -2.20. The van der Waals surface area contributed by atoms with Gasteiger partial charge in [-0.15, -0.1) is 0 Å². The number of carbonyl (C=O) groups excluding carboxylic acids is 2. The molecule has 0 unspecified atom stereocenters. The first-order chi connectivity index (χ1) is 15.7. The molecule has 1 aromatic rings. The molecule has 0 aliphatic heterocycles. The maximum absolute atomic E-state index is 12.0. The van der Waals surface area contributed by atoms with Crippen LogP contribution in [0.5, 0.6) is 11.5 Å². The number of ether oxygens (including phenoxy) is 4. The van der Waals surface area contributed by atoms with Crippen LogP contribution in [0.2, 0.25) is 0 Å². The maximum atomic E-state index is 12.0. The zero-order valence-electron chi connectivity index (χ0n) is 19.2. The van der Waals surface area contributed by atoms with Gasteiger partial charge in [-0.25, -0.2) is 0 Å². The van der Waals surface area contributed by atoms with E-state index in [4.69, 9.17) is 18.9 Å². The Balaban J connectivity index is 1.24. The molecule has 6 nitrogen and oxygen atoms in total. The number of hydrogen-bond donors (Lipinski definition) is 0. The van der Waals surface area contributed by atoms with Gasteiger partial charge in [0, 0.05) is 18.9 Å². The van der Waals surface area contributed by atoms with E-state index in [-0.39, 0.29) is 23.8 Å². The number of carbonyl (C=O) groups is 2. The number of rotatable bonds is 12. The summed E-state index contributed by atoms with van der Waals surface area (Å²) < 4.78 is 22.3. The first-order valence-corrected chi connectivity index (χ1v) is 12.4. The molecule has 0 bridgehead atoms. The molecule has 0 amide bonds. The highest BCUT2D eigenvalue weighted by molar-refractivity contribution is 5.72. The summed E-state index contributed by atoms with van der Waals surface area (Å²) in [7, 11) is 0. The van der Waals surface area contributed by atoms with Crippen molar-refractivity contribution in [2.45, 2.75) is 77.0 Å². The second-order valence-electron chi connectivity index (χ2n) is 8.88. The Bertz CT molecular complexity index is 636. The van der Waals surface area contributed by atoms with Gasteiger partial charge in [0.15, 0.2) is 0 Å². The highest BCUT2D eigenvalue weighted by Crippen LogP contribution is 2.25. The van der Waals surface area contributed by atoms with Crippen LogP contribution in [0.25, 0.3) is 0 Å². The molecule has 1 aromatic carbocycles. The Hall–Kier alpha value is -2.24. The lowest BCUT2D eigenvalue weighted by molar-refractivity contribution is -0.150. The third-order valence-electron chi connectivity index (χ3n) is 6.29. The number of esters is 2. The van der Waals surface area contributed by atoms with Crippen molar-refractivity contribution in [1.29, 1.82) is 0 Å². The van der Waals surface area contributed by atoms with Crippen LogP contribution in [0, 0.1) is 11.8 Å². The van der Waals surface area contributed by atoms with Crippen LogP contribution in [0.4, 0.5) is 0 Å². The van der Waals surface area contributed by atoms with Crippen molar-refractivity contribution in [1.82, 2.24) is 0 Å². The second kappa shape index (κ2) is 14.0. The van der Waals surface area contributed by atoms with E-state index in [0.717, 1.165) is 62.9 Å². The third kappa shape index (κ3) is 8.71. The molecule has 2 fully saturated rings. The van der Waals surface area contributed by atoms with Crippen LogP contribution in [-0.2, 0) is 19.1 Å². The minimum absolute atomic E-state index is 0.0514. The van der Waals surface area contributed by atoms with Crippen LogP contribution in [0.1, 0.15) is 77.0 Å². The van der Waals surface area contributed by atoms with Gasteiger partial charge in [0.2, 0.25) is 0 Å². The van der Waals surface area contributed by atoms with Crippen molar-refractivity contribution < 1.29 is 28.5 Å². The fourth-order valence-electron chi connectivity index (χ4n) is 4.41. The Labute approximate surface area is 191 Å². The number of benzene rings is 1. The Morgan fingerprint density at radius 3 is 1.53 bits per heavy atom. The minimum Gasteiger partial charge on any atom is -0.493 e. The van der Waals surface area contributed by atoms with Gasteiger partial charge in [-0.05, 0) is 37.8 Å². The predicted octanol–water partition coefficient (Wildman–Crippen LogP) is 5.47. The van der Waals surface area contributed by atoms with Crippen molar-refractivity contribution in [3.8, 4) is 11.5 Å². The normalized spacial score (nSPS) is 17.5. The van der Waals surface area contributed by atoms with E-state index in [0.29, 0.717) is 39.3 Å². The average molecular weight is 447 g/mol. The van der Waals surface area contributed by atoms with Crippen LogP contribution >= 0.6 is 0 Å². The van der Waals surface area contributed by atoms with Gasteiger partial charge < -0.3 is 18.9 Å². The highest BCUT2D eigenvalue weighted by atomic mass is 16.5. The fraction of sp³-hybridized carbons (Fsp3) is 0.692. The predicted molar refractivity (Wildman–Crippen MR) is 122 cm³/mol. The lowest BCUT2D eigenvalue weighted by atomic mass is 9.89. The van der Waals surface area contributed by atoms with Gasteiger partial charge in [0.05, 0.1) is 38.3 Å². The summed E-state index contributed by atoms with van der Waals surface area (Å²) >= 11 is 0. The molecule has 0 radical (unpaired) electrons. The molecule has 0 N–H and O–H groups in total. The van der Waals surface area contributed by atoms with E-state index in [2.05, 4.69) is 0 Å². The summed E-state index contributed by atoms with van der Waals surface area (Å²) in [4.78, 5) is 24.1. The zero-order valence-corrected chi connectivity index (χ0v) is 19.2. The maximum Gasteiger partial charge on any atom is 0.308 e. The summed E-state index contributed by atoms with van der Waals surface area (Å²) in [5, 5.41) is 0. The van der Waals surface area contributed by atoms with E-state index in [1.54, 1.807) is 0 Å². The Morgan fingerprint density at radius 2 is 1.09 bits per heavy atom. The van der Waals surface area contributed by atoms with Crippen molar-refractivity contribution in [3.05, 3.63) is 24.3 Å². The molecule has 0 spiro atoms. The molecule has 0 saturated heterocycles. The molecule has 2 saturated carbocycles. The molecule has 178 valence electrons.